The van der Waals surface area contributed by atoms with Gasteiger partial charge in [-0.15, -0.1) is 0 Å². The third-order valence-electron chi connectivity index (χ3n) is 1.93. The second-order valence-electron chi connectivity index (χ2n) is 3.87. The van der Waals surface area contributed by atoms with E-state index in [1.54, 1.807) is 0 Å². The number of pyridine rings is 1. The summed E-state index contributed by atoms with van der Waals surface area (Å²) in [5.74, 6) is 0.458. The molecule has 82 valence electrons. The Bertz CT molecular complexity index is 365. The summed E-state index contributed by atoms with van der Waals surface area (Å²) in [6.07, 6.45) is 1.40. The molecule has 1 rings (SSSR count). The normalized spacial score (nSPS) is 11.1. The number of nitrogens with zero attached hydrogens (tertiary/aromatic N) is 2. The van der Waals surface area contributed by atoms with E-state index in [2.05, 4.69) is 10.3 Å². The Kier molecular flexibility index (Phi) is 3.21. The lowest BCUT2D eigenvalue weighted by Crippen LogP contribution is -2.39. The predicted octanol–water partition coefficient (Wildman–Crippen LogP) is 1.14. The Morgan fingerprint density at radius 1 is 1.67 bits per heavy atom. The molecule has 0 spiro atoms. The molecule has 0 saturated heterocycles. The fourth-order valence-electron chi connectivity index (χ4n) is 0.999. The molecule has 0 atom stereocenters. The van der Waals surface area contributed by atoms with Crippen LogP contribution in [-0.4, -0.2) is 22.0 Å². The number of nitrogens with two attached hydrogens (primary N) is 1. The van der Waals surface area contributed by atoms with Crippen LogP contribution < -0.4 is 11.1 Å². The minimum atomic E-state index is -0.456. The highest BCUT2D eigenvalue weighted by Crippen LogP contribution is 2.17. The third kappa shape index (κ3) is 3.17. The maximum Gasteiger partial charge on any atom is 0.274 e. The number of hydrogen-bond acceptors (Lipinski definition) is 5. The van der Waals surface area contributed by atoms with Crippen molar-refractivity contribution in [2.75, 3.05) is 11.9 Å². The van der Waals surface area contributed by atoms with E-state index in [1.807, 2.05) is 13.8 Å². The molecule has 0 aromatic carbocycles. The molecule has 1 heterocycles. The molecule has 15 heavy (non-hydrogen) atoms. The lowest BCUT2D eigenvalue weighted by atomic mass is 10.1. The van der Waals surface area contributed by atoms with Crippen LogP contribution >= 0.6 is 0 Å². The minimum Gasteiger partial charge on any atom is -0.364 e. The monoisotopic (exact) mass is 210 g/mol. The topological polar surface area (TPSA) is 94.1 Å². The van der Waals surface area contributed by atoms with Crippen LogP contribution in [0.2, 0.25) is 0 Å². The van der Waals surface area contributed by atoms with E-state index < -0.39 is 4.92 Å². The quantitative estimate of drug-likeness (QED) is 0.574. The molecule has 1 aromatic heterocycles. The highest BCUT2D eigenvalue weighted by atomic mass is 16.6. The zero-order chi connectivity index (χ0) is 11.5. The van der Waals surface area contributed by atoms with Crippen molar-refractivity contribution in [1.29, 1.82) is 0 Å². The van der Waals surface area contributed by atoms with Crippen molar-refractivity contribution in [3.63, 3.8) is 0 Å². The zero-order valence-corrected chi connectivity index (χ0v) is 8.73. The summed E-state index contributed by atoms with van der Waals surface area (Å²) >= 11 is 0. The van der Waals surface area contributed by atoms with Gasteiger partial charge in [0.15, 0.2) is 0 Å². The van der Waals surface area contributed by atoms with Gasteiger partial charge < -0.3 is 11.1 Å². The molecule has 0 aliphatic rings. The van der Waals surface area contributed by atoms with E-state index in [4.69, 9.17) is 5.73 Å². The molecule has 6 nitrogen and oxygen atoms in total. The standard InChI is InChI=1S/C9H14N4O2/c1-9(2,6-10)12-8-5-7(13(14)15)3-4-11-8/h3-5H,6,10H2,1-2H3,(H,11,12). The van der Waals surface area contributed by atoms with Gasteiger partial charge in [-0.1, -0.05) is 0 Å². The maximum absolute atomic E-state index is 10.5. The van der Waals surface area contributed by atoms with Crippen molar-refractivity contribution in [3.05, 3.63) is 28.4 Å². The van der Waals surface area contributed by atoms with Crippen molar-refractivity contribution in [3.8, 4) is 0 Å². The smallest absolute Gasteiger partial charge is 0.274 e. The first kappa shape index (κ1) is 11.4. The molecule has 6 heteroatoms. The molecule has 0 unspecified atom stereocenters. The number of aromatic nitrogens is 1. The van der Waals surface area contributed by atoms with Gasteiger partial charge in [0.2, 0.25) is 0 Å². The lowest BCUT2D eigenvalue weighted by Gasteiger charge is -2.24. The molecule has 0 aliphatic heterocycles. The second kappa shape index (κ2) is 4.22. The Hall–Kier alpha value is -1.69. The van der Waals surface area contributed by atoms with Crippen molar-refractivity contribution >= 4 is 11.5 Å². The van der Waals surface area contributed by atoms with Crippen molar-refractivity contribution in [2.45, 2.75) is 19.4 Å². The van der Waals surface area contributed by atoms with Crippen LogP contribution in [0.1, 0.15) is 13.8 Å². The van der Waals surface area contributed by atoms with E-state index in [1.165, 1.54) is 18.3 Å². The van der Waals surface area contributed by atoms with Gasteiger partial charge in [-0.3, -0.25) is 10.1 Å². The predicted molar refractivity (Wildman–Crippen MR) is 57.6 cm³/mol. The van der Waals surface area contributed by atoms with Gasteiger partial charge in [0.1, 0.15) is 5.82 Å². The van der Waals surface area contributed by atoms with Crippen molar-refractivity contribution in [2.24, 2.45) is 5.73 Å². The van der Waals surface area contributed by atoms with Crippen LogP contribution in [-0.2, 0) is 0 Å². The lowest BCUT2D eigenvalue weighted by molar-refractivity contribution is -0.384. The highest BCUT2D eigenvalue weighted by molar-refractivity contribution is 5.45. The number of rotatable bonds is 4. The van der Waals surface area contributed by atoms with Crippen LogP contribution in [0.25, 0.3) is 0 Å². The summed E-state index contributed by atoms with van der Waals surface area (Å²) in [5.41, 5.74) is 5.21. The summed E-state index contributed by atoms with van der Waals surface area (Å²) in [4.78, 5) is 14.0. The van der Waals surface area contributed by atoms with E-state index in [0.717, 1.165) is 0 Å². The average Bonchev–Trinajstić information content (AvgIpc) is 2.17. The number of nitrogens with one attached hydrogen (secondary N) is 1. The first-order chi connectivity index (χ1) is 6.94. The fourth-order valence-corrected chi connectivity index (χ4v) is 0.999. The van der Waals surface area contributed by atoms with E-state index in [9.17, 15) is 10.1 Å². The molecule has 0 bridgehead atoms. The third-order valence-corrected chi connectivity index (χ3v) is 1.93. The Labute approximate surface area is 87.7 Å². The Morgan fingerprint density at radius 2 is 2.33 bits per heavy atom. The SMILES string of the molecule is CC(C)(CN)Nc1cc([N+](=O)[O-])ccn1. The maximum atomic E-state index is 10.5. The average molecular weight is 210 g/mol. The summed E-state index contributed by atoms with van der Waals surface area (Å²) in [6.45, 7) is 4.21. The Balaban J connectivity index is 2.87. The van der Waals surface area contributed by atoms with E-state index >= 15 is 0 Å². The van der Waals surface area contributed by atoms with Gasteiger partial charge in [-0.25, -0.2) is 4.98 Å². The van der Waals surface area contributed by atoms with Gasteiger partial charge >= 0.3 is 0 Å². The highest BCUT2D eigenvalue weighted by Gasteiger charge is 2.16. The van der Waals surface area contributed by atoms with Gasteiger partial charge in [0.25, 0.3) is 5.69 Å². The van der Waals surface area contributed by atoms with Gasteiger partial charge in [0, 0.05) is 24.3 Å². The van der Waals surface area contributed by atoms with Gasteiger partial charge in [0.05, 0.1) is 11.0 Å². The molecular formula is C9H14N4O2. The Morgan fingerprint density at radius 3 is 2.87 bits per heavy atom. The van der Waals surface area contributed by atoms with Crippen LogP contribution in [0.5, 0.6) is 0 Å². The summed E-state index contributed by atoms with van der Waals surface area (Å²) in [7, 11) is 0. The molecule has 0 radical (unpaired) electrons. The molecule has 0 saturated carbocycles. The molecule has 0 amide bonds. The number of hydrogen-bond donors (Lipinski definition) is 2. The largest absolute Gasteiger partial charge is 0.364 e. The first-order valence-electron chi connectivity index (χ1n) is 4.53. The molecule has 3 N–H and O–H groups in total. The summed E-state index contributed by atoms with van der Waals surface area (Å²) in [5, 5.41) is 13.5. The van der Waals surface area contributed by atoms with Crippen molar-refractivity contribution in [1.82, 2.24) is 4.98 Å². The summed E-state index contributed by atoms with van der Waals surface area (Å²) < 4.78 is 0. The second-order valence-corrected chi connectivity index (χ2v) is 3.87. The van der Waals surface area contributed by atoms with E-state index in [-0.39, 0.29) is 11.2 Å². The number of anilines is 1. The first-order valence-corrected chi connectivity index (χ1v) is 4.53. The van der Waals surface area contributed by atoms with Crippen LogP contribution in [0, 0.1) is 10.1 Å². The van der Waals surface area contributed by atoms with Crippen LogP contribution in [0.15, 0.2) is 18.3 Å². The van der Waals surface area contributed by atoms with Crippen LogP contribution in [0.3, 0.4) is 0 Å². The van der Waals surface area contributed by atoms with Crippen molar-refractivity contribution < 1.29 is 4.92 Å². The molecule has 0 aliphatic carbocycles. The zero-order valence-electron chi connectivity index (χ0n) is 8.73. The van der Waals surface area contributed by atoms with E-state index in [0.29, 0.717) is 12.4 Å². The number of nitro groups is 1. The van der Waals surface area contributed by atoms with Gasteiger partial charge in [-0.05, 0) is 13.8 Å². The van der Waals surface area contributed by atoms with Crippen LogP contribution in [0.4, 0.5) is 11.5 Å². The molecule has 1 aromatic rings. The van der Waals surface area contributed by atoms with Gasteiger partial charge in [-0.2, -0.15) is 0 Å². The fraction of sp³-hybridized carbons (Fsp3) is 0.444. The molecule has 0 fully saturated rings. The summed E-state index contributed by atoms with van der Waals surface area (Å²) in [6, 6.07) is 2.73. The molecular weight excluding hydrogens is 196 g/mol. The minimum absolute atomic E-state index is 0.0142.